The molecule has 1 aromatic heterocycles. The number of hydrogen-bond donors (Lipinski definition) is 2. The van der Waals surface area contributed by atoms with Crippen LogP contribution in [0.1, 0.15) is 30.5 Å². The molecule has 4 aliphatic rings. The summed E-state index contributed by atoms with van der Waals surface area (Å²) in [5, 5.41) is 12.0. The van der Waals surface area contributed by atoms with Crippen LogP contribution in [-0.2, 0) is 16.6 Å². The van der Waals surface area contributed by atoms with Crippen LogP contribution in [-0.4, -0.2) is 68.7 Å². The van der Waals surface area contributed by atoms with Gasteiger partial charge in [-0.15, -0.1) is 0 Å². The Labute approximate surface area is 172 Å². The minimum Gasteiger partial charge on any atom is -0.493 e. The highest BCUT2D eigenvalue weighted by Crippen LogP contribution is 2.55. The van der Waals surface area contributed by atoms with Crippen LogP contribution in [0.25, 0.3) is 10.9 Å². The van der Waals surface area contributed by atoms with E-state index in [0.29, 0.717) is 17.9 Å². The van der Waals surface area contributed by atoms with Gasteiger partial charge in [0.15, 0.2) is 11.5 Å². The van der Waals surface area contributed by atoms with Crippen molar-refractivity contribution in [2.24, 2.45) is 11.8 Å². The van der Waals surface area contributed by atoms with Gasteiger partial charge in [0.1, 0.15) is 0 Å². The number of hydrogen-bond acceptors (Lipinski definition) is 5. The number of nitrogens with one attached hydrogen (secondary N) is 1. The van der Waals surface area contributed by atoms with Crippen LogP contribution in [0.3, 0.4) is 0 Å². The molecule has 0 amide bonds. The van der Waals surface area contributed by atoms with Crippen molar-refractivity contribution >= 4 is 10.9 Å². The molecule has 2 aromatic rings. The first-order valence-corrected chi connectivity index (χ1v) is 10.8. The molecular formula is C23H32N2O4. The van der Waals surface area contributed by atoms with Crippen LogP contribution in [0.15, 0.2) is 12.1 Å². The average molecular weight is 401 g/mol. The molecule has 1 aliphatic carbocycles. The molecule has 2 N–H and O–H groups in total. The highest BCUT2D eigenvalue weighted by atomic mass is 16.5. The molecule has 4 bridgehead atoms. The minimum atomic E-state index is -0.231. The number of aromatic nitrogens is 1. The van der Waals surface area contributed by atoms with E-state index in [2.05, 4.69) is 16.0 Å². The summed E-state index contributed by atoms with van der Waals surface area (Å²) in [7, 11) is 5.14. The number of piperidine rings is 2. The molecule has 29 heavy (non-hydrogen) atoms. The van der Waals surface area contributed by atoms with Gasteiger partial charge in [-0.3, -0.25) is 4.90 Å². The number of nitrogens with zero attached hydrogens (tertiary/aromatic N) is 1. The molecule has 5 atom stereocenters. The second kappa shape index (κ2) is 7.18. The van der Waals surface area contributed by atoms with Gasteiger partial charge in [-0.25, -0.2) is 0 Å². The molecule has 6 nitrogen and oxygen atoms in total. The van der Waals surface area contributed by atoms with Gasteiger partial charge in [-0.1, -0.05) is 0 Å². The van der Waals surface area contributed by atoms with Gasteiger partial charge in [-0.05, 0) is 49.1 Å². The highest BCUT2D eigenvalue weighted by Gasteiger charge is 2.58. The Balaban J connectivity index is 1.67. The van der Waals surface area contributed by atoms with Crippen molar-refractivity contribution in [3.05, 3.63) is 23.4 Å². The fourth-order valence-electron chi connectivity index (χ4n) is 6.74. The molecule has 0 spiro atoms. The van der Waals surface area contributed by atoms with Crippen molar-refractivity contribution in [1.29, 1.82) is 0 Å². The molecule has 0 radical (unpaired) electrons. The largest absolute Gasteiger partial charge is 0.493 e. The second-order valence-corrected chi connectivity index (χ2v) is 9.08. The Morgan fingerprint density at radius 3 is 2.72 bits per heavy atom. The fraction of sp³-hybridized carbons (Fsp3) is 0.652. The van der Waals surface area contributed by atoms with Crippen LogP contribution >= 0.6 is 0 Å². The summed E-state index contributed by atoms with van der Waals surface area (Å²) >= 11 is 0. The lowest BCUT2D eigenvalue weighted by Crippen LogP contribution is -2.65. The van der Waals surface area contributed by atoms with Crippen molar-refractivity contribution in [3.63, 3.8) is 0 Å². The summed E-state index contributed by atoms with van der Waals surface area (Å²) in [6, 6.07) is 4.50. The number of fused-ring (bicyclic) bond motifs is 4. The minimum absolute atomic E-state index is 0.183. The van der Waals surface area contributed by atoms with Crippen LogP contribution in [0.4, 0.5) is 0 Å². The van der Waals surface area contributed by atoms with E-state index in [0.717, 1.165) is 56.0 Å². The lowest BCUT2D eigenvalue weighted by atomic mass is 9.56. The third-order valence-electron chi connectivity index (χ3n) is 7.72. The topological polar surface area (TPSA) is 67.0 Å². The van der Waals surface area contributed by atoms with Crippen molar-refractivity contribution < 1.29 is 19.3 Å². The van der Waals surface area contributed by atoms with Crippen molar-refractivity contribution in [1.82, 2.24) is 9.88 Å². The molecule has 6 rings (SSSR count). The zero-order valence-electron chi connectivity index (χ0n) is 17.7. The molecule has 2 saturated heterocycles. The summed E-state index contributed by atoms with van der Waals surface area (Å²) in [5.41, 5.74) is 3.43. The number of H-pyrrole nitrogens is 1. The SMILES string of the molecule is COCCC1C[C@@H]2CN3CCc4c([nH]c5cc(OC)c(OC)cc45)C(CO)(C2)C13. The summed E-state index contributed by atoms with van der Waals surface area (Å²) < 4.78 is 16.5. The van der Waals surface area contributed by atoms with Crippen molar-refractivity contribution in [2.45, 2.75) is 37.1 Å². The Morgan fingerprint density at radius 1 is 1.21 bits per heavy atom. The Hall–Kier alpha value is -1.76. The van der Waals surface area contributed by atoms with Crippen LogP contribution in [0.2, 0.25) is 0 Å². The summed E-state index contributed by atoms with van der Waals surface area (Å²) in [4.78, 5) is 6.40. The third-order valence-corrected chi connectivity index (χ3v) is 7.72. The van der Waals surface area contributed by atoms with Gasteiger partial charge >= 0.3 is 0 Å². The van der Waals surface area contributed by atoms with E-state index in [1.54, 1.807) is 21.3 Å². The maximum atomic E-state index is 10.8. The lowest BCUT2D eigenvalue weighted by molar-refractivity contribution is -0.0826. The Kier molecular flexibility index (Phi) is 4.76. The molecule has 4 heterocycles. The average Bonchev–Trinajstić information content (AvgIpc) is 3.08. The van der Waals surface area contributed by atoms with Gasteiger partial charge in [0.25, 0.3) is 0 Å². The van der Waals surface area contributed by atoms with E-state index in [4.69, 9.17) is 14.2 Å². The number of aliphatic hydroxyl groups is 1. The fourth-order valence-corrected chi connectivity index (χ4v) is 6.74. The van der Waals surface area contributed by atoms with Gasteiger partial charge in [0.2, 0.25) is 0 Å². The van der Waals surface area contributed by atoms with E-state index in [-0.39, 0.29) is 12.0 Å². The highest BCUT2D eigenvalue weighted by molar-refractivity contribution is 5.88. The molecular weight excluding hydrogens is 368 g/mol. The maximum absolute atomic E-state index is 10.8. The number of aromatic amines is 1. The number of benzene rings is 1. The summed E-state index contributed by atoms with van der Waals surface area (Å²) in [5.74, 6) is 2.69. The molecule has 1 saturated carbocycles. The van der Waals surface area contributed by atoms with Crippen molar-refractivity contribution in [3.8, 4) is 11.5 Å². The Morgan fingerprint density at radius 2 is 2.00 bits per heavy atom. The van der Waals surface area contributed by atoms with E-state index in [1.165, 1.54) is 23.1 Å². The predicted molar refractivity (Wildman–Crippen MR) is 112 cm³/mol. The normalized spacial score (nSPS) is 32.8. The van der Waals surface area contributed by atoms with Crippen LogP contribution < -0.4 is 9.47 Å². The number of aliphatic hydroxyl groups excluding tert-OH is 1. The van der Waals surface area contributed by atoms with E-state index in [9.17, 15) is 5.11 Å². The molecule has 6 heteroatoms. The van der Waals surface area contributed by atoms with E-state index in [1.807, 2.05) is 6.07 Å². The monoisotopic (exact) mass is 400 g/mol. The number of ether oxygens (including phenoxy) is 3. The van der Waals surface area contributed by atoms with Crippen LogP contribution in [0, 0.1) is 11.8 Å². The first kappa shape index (κ1) is 19.2. The van der Waals surface area contributed by atoms with Gasteiger partial charge in [0, 0.05) is 60.9 Å². The number of methoxy groups -OCH3 is 3. The summed E-state index contributed by atoms with van der Waals surface area (Å²) in [6.07, 6.45) is 4.37. The van der Waals surface area contributed by atoms with Gasteiger partial charge in [0.05, 0.1) is 20.8 Å². The maximum Gasteiger partial charge on any atom is 0.162 e. The summed E-state index contributed by atoms with van der Waals surface area (Å²) in [6.45, 7) is 3.18. The Bertz CT molecular complexity index is 910. The molecule has 158 valence electrons. The third kappa shape index (κ3) is 2.72. The predicted octanol–water partition coefficient (Wildman–Crippen LogP) is 2.72. The van der Waals surface area contributed by atoms with E-state index >= 15 is 0 Å². The molecule has 4 unspecified atom stereocenters. The standard InChI is InChI=1S/C23H32N2O4/c1-27-7-5-15-8-14-11-23(13-26)21-16(4-6-25(12-14)22(15)23)17-9-19(28-2)20(29-3)10-18(17)24-21/h9-10,14-15,22,24,26H,4-8,11-13H2,1-3H3/t14-,15?,22?,23?/m0/s1. The quantitative estimate of drug-likeness (QED) is 0.781. The van der Waals surface area contributed by atoms with Crippen LogP contribution in [0.5, 0.6) is 11.5 Å². The first-order chi connectivity index (χ1) is 14.1. The number of rotatable bonds is 6. The van der Waals surface area contributed by atoms with E-state index < -0.39 is 0 Å². The second-order valence-electron chi connectivity index (χ2n) is 9.08. The molecule has 3 aliphatic heterocycles. The smallest absolute Gasteiger partial charge is 0.162 e. The zero-order chi connectivity index (χ0) is 20.2. The molecule has 1 aromatic carbocycles. The molecule has 3 fully saturated rings. The first-order valence-electron chi connectivity index (χ1n) is 10.8. The van der Waals surface area contributed by atoms with Gasteiger partial charge in [-0.2, -0.15) is 0 Å². The lowest BCUT2D eigenvalue weighted by Gasteiger charge is -2.59. The van der Waals surface area contributed by atoms with Gasteiger partial charge < -0.3 is 24.3 Å². The van der Waals surface area contributed by atoms with Crippen molar-refractivity contribution in [2.75, 3.05) is 47.6 Å². The zero-order valence-corrected chi connectivity index (χ0v) is 17.7.